The molecule has 3 aromatic carbocycles. The van der Waals surface area contributed by atoms with E-state index in [0.29, 0.717) is 16.8 Å². The van der Waals surface area contributed by atoms with Crippen LogP contribution in [0.15, 0.2) is 84.9 Å². The van der Waals surface area contributed by atoms with E-state index >= 15 is 0 Å². The maximum atomic E-state index is 13.6. The molecule has 0 aliphatic rings. The van der Waals surface area contributed by atoms with Crippen LogP contribution >= 0.6 is 0 Å². The lowest BCUT2D eigenvalue weighted by Crippen LogP contribution is -2.03. The summed E-state index contributed by atoms with van der Waals surface area (Å²) >= 11 is 0. The zero-order chi connectivity index (χ0) is 24.1. The van der Waals surface area contributed by atoms with Gasteiger partial charge in [0.2, 0.25) is 0 Å². The highest BCUT2D eigenvalue weighted by atomic mass is 19.1. The second kappa shape index (κ2) is 10.2. The molecule has 4 aromatic rings. The molecule has 0 N–H and O–H groups in total. The van der Waals surface area contributed by atoms with Crippen molar-refractivity contribution in [2.75, 3.05) is 13.7 Å². The number of methoxy groups -OCH3 is 1. The van der Waals surface area contributed by atoms with Crippen molar-refractivity contribution < 1.29 is 18.7 Å². The second-order valence-corrected chi connectivity index (χ2v) is 7.71. The van der Waals surface area contributed by atoms with Crippen molar-refractivity contribution >= 4 is 11.5 Å². The molecule has 0 aliphatic heterocycles. The predicted octanol–water partition coefficient (Wildman–Crippen LogP) is 5.99. The summed E-state index contributed by atoms with van der Waals surface area (Å²) in [6.07, 6.45) is 1.40. The van der Waals surface area contributed by atoms with Gasteiger partial charge >= 0.3 is 5.97 Å². The van der Waals surface area contributed by atoms with Crippen LogP contribution < -0.4 is 4.74 Å². The number of ether oxygens (including phenoxy) is 2. The number of carbonyl (C=O) groups excluding carboxylic acids is 1. The Labute approximate surface area is 198 Å². The Balaban J connectivity index is 1.90. The molecule has 5 nitrogen and oxygen atoms in total. The SMILES string of the molecule is CCOC(=O)C=C(c1ccc(F)cc1)c1cc(-c2ccc(C)cc2)n(-c2ccc(OC)cc2)n1. The van der Waals surface area contributed by atoms with Crippen molar-refractivity contribution in [3.8, 4) is 22.7 Å². The quantitative estimate of drug-likeness (QED) is 0.253. The van der Waals surface area contributed by atoms with Gasteiger partial charge < -0.3 is 9.47 Å². The topological polar surface area (TPSA) is 53.4 Å². The lowest BCUT2D eigenvalue weighted by molar-refractivity contribution is -0.137. The van der Waals surface area contributed by atoms with Gasteiger partial charge in [0, 0.05) is 17.2 Å². The van der Waals surface area contributed by atoms with Gasteiger partial charge in [0.05, 0.1) is 30.8 Å². The molecule has 0 atom stereocenters. The summed E-state index contributed by atoms with van der Waals surface area (Å²) in [7, 11) is 1.62. The number of hydrogen-bond acceptors (Lipinski definition) is 4. The van der Waals surface area contributed by atoms with E-state index in [0.717, 1.165) is 28.3 Å². The Hall–Kier alpha value is -4.19. The molecule has 1 heterocycles. The van der Waals surface area contributed by atoms with Gasteiger partial charge in [-0.3, -0.25) is 0 Å². The van der Waals surface area contributed by atoms with Gasteiger partial charge in [-0.2, -0.15) is 5.10 Å². The van der Waals surface area contributed by atoms with Crippen LogP contribution in [0.1, 0.15) is 23.7 Å². The van der Waals surface area contributed by atoms with Crippen LogP contribution in [-0.2, 0) is 9.53 Å². The smallest absolute Gasteiger partial charge is 0.331 e. The number of aromatic nitrogens is 2. The number of nitrogens with zero attached hydrogens (tertiary/aromatic N) is 2. The fraction of sp³-hybridized carbons (Fsp3) is 0.143. The van der Waals surface area contributed by atoms with E-state index in [1.807, 2.05) is 66.2 Å². The van der Waals surface area contributed by atoms with Crippen molar-refractivity contribution in [3.05, 3.63) is 108 Å². The number of hydrogen-bond donors (Lipinski definition) is 0. The summed E-state index contributed by atoms with van der Waals surface area (Å²) in [5.74, 6) is -0.108. The number of rotatable bonds is 7. The summed E-state index contributed by atoms with van der Waals surface area (Å²) in [4.78, 5) is 12.4. The lowest BCUT2D eigenvalue weighted by atomic mass is 10.0. The van der Waals surface area contributed by atoms with E-state index in [4.69, 9.17) is 14.6 Å². The normalized spacial score (nSPS) is 11.4. The van der Waals surface area contributed by atoms with Crippen LogP contribution in [0.5, 0.6) is 5.75 Å². The largest absolute Gasteiger partial charge is 0.497 e. The van der Waals surface area contributed by atoms with Crippen molar-refractivity contribution in [2.45, 2.75) is 13.8 Å². The number of carbonyl (C=O) groups is 1. The average Bonchev–Trinajstić information content (AvgIpc) is 3.29. The summed E-state index contributed by atoms with van der Waals surface area (Å²) in [6.45, 7) is 4.03. The van der Waals surface area contributed by atoms with Crippen LogP contribution in [0.4, 0.5) is 4.39 Å². The van der Waals surface area contributed by atoms with Crippen molar-refractivity contribution in [1.29, 1.82) is 0 Å². The molecule has 0 saturated heterocycles. The highest BCUT2D eigenvalue weighted by Gasteiger charge is 2.17. The van der Waals surface area contributed by atoms with E-state index in [1.54, 1.807) is 26.2 Å². The molecule has 0 fully saturated rings. The summed E-state index contributed by atoms with van der Waals surface area (Å²) in [5, 5.41) is 4.85. The number of aryl methyl sites for hydroxylation is 1. The minimum absolute atomic E-state index is 0.251. The van der Waals surface area contributed by atoms with Gasteiger partial charge in [-0.05, 0) is 61.9 Å². The highest BCUT2D eigenvalue weighted by Crippen LogP contribution is 2.31. The van der Waals surface area contributed by atoms with Gasteiger partial charge in [0.1, 0.15) is 11.6 Å². The Morgan fingerprint density at radius 3 is 2.29 bits per heavy atom. The van der Waals surface area contributed by atoms with E-state index < -0.39 is 5.97 Å². The maximum absolute atomic E-state index is 13.6. The molecule has 0 saturated carbocycles. The van der Waals surface area contributed by atoms with Crippen molar-refractivity contribution in [3.63, 3.8) is 0 Å². The van der Waals surface area contributed by atoms with Crippen LogP contribution in [0.25, 0.3) is 22.5 Å². The van der Waals surface area contributed by atoms with Crippen LogP contribution in [0.2, 0.25) is 0 Å². The third-order valence-electron chi connectivity index (χ3n) is 5.35. The summed E-state index contributed by atoms with van der Waals surface area (Å²) in [5.41, 5.74) is 5.55. The highest BCUT2D eigenvalue weighted by molar-refractivity contribution is 5.96. The van der Waals surface area contributed by atoms with E-state index in [-0.39, 0.29) is 12.4 Å². The Morgan fingerprint density at radius 2 is 1.68 bits per heavy atom. The first-order valence-electron chi connectivity index (χ1n) is 10.9. The Morgan fingerprint density at radius 1 is 1.00 bits per heavy atom. The monoisotopic (exact) mass is 456 g/mol. The van der Waals surface area contributed by atoms with Gasteiger partial charge in [-0.1, -0.05) is 42.0 Å². The molecular weight excluding hydrogens is 431 g/mol. The molecule has 1 aromatic heterocycles. The molecule has 4 rings (SSSR count). The van der Waals surface area contributed by atoms with Crippen LogP contribution in [-0.4, -0.2) is 29.5 Å². The van der Waals surface area contributed by atoms with E-state index in [2.05, 4.69) is 0 Å². The van der Waals surface area contributed by atoms with Crippen LogP contribution in [0.3, 0.4) is 0 Å². The molecule has 34 heavy (non-hydrogen) atoms. The Bertz CT molecular complexity index is 1310. The van der Waals surface area contributed by atoms with Gasteiger partial charge in [-0.25, -0.2) is 13.9 Å². The number of halogens is 1. The first-order valence-corrected chi connectivity index (χ1v) is 10.9. The molecular formula is C28H25FN2O3. The summed E-state index contributed by atoms with van der Waals surface area (Å²) in [6, 6.07) is 23.6. The van der Waals surface area contributed by atoms with E-state index in [9.17, 15) is 9.18 Å². The average molecular weight is 457 g/mol. The zero-order valence-corrected chi connectivity index (χ0v) is 19.3. The maximum Gasteiger partial charge on any atom is 0.331 e. The minimum atomic E-state index is -0.488. The summed E-state index contributed by atoms with van der Waals surface area (Å²) < 4.78 is 25.9. The molecule has 0 bridgehead atoms. The number of benzene rings is 3. The van der Waals surface area contributed by atoms with Crippen molar-refractivity contribution in [2.24, 2.45) is 0 Å². The fourth-order valence-corrected chi connectivity index (χ4v) is 3.60. The molecule has 172 valence electrons. The first-order chi connectivity index (χ1) is 16.5. The van der Waals surface area contributed by atoms with Gasteiger partial charge in [-0.15, -0.1) is 0 Å². The minimum Gasteiger partial charge on any atom is -0.497 e. The van der Waals surface area contributed by atoms with Crippen molar-refractivity contribution in [1.82, 2.24) is 9.78 Å². The number of esters is 1. The Kier molecular flexibility index (Phi) is 6.87. The third kappa shape index (κ3) is 5.07. The lowest BCUT2D eigenvalue weighted by Gasteiger charge is -2.09. The third-order valence-corrected chi connectivity index (χ3v) is 5.35. The standard InChI is InChI=1S/C28H25FN2O3/c1-4-34-28(32)17-25(20-9-11-22(29)12-10-20)26-18-27(21-7-5-19(2)6-8-21)31(30-26)23-13-15-24(33-3)16-14-23/h5-18H,4H2,1-3H3. The molecule has 0 aliphatic carbocycles. The molecule has 0 amide bonds. The first kappa shape index (κ1) is 23.0. The molecule has 0 unspecified atom stereocenters. The molecule has 6 heteroatoms. The molecule has 0 radical (unpaired) electrons. The van der Waals surface area contributed by atoms with Crippen LogP contribution in [0, 0.1) is 12.7 Å². The van der Waals surface area contributed by atoms with Gasteiger partial charge in [0.15, 0.2) is 0 Å². The van der Waals surface area contributed by atoms with E-state index in [1.165, 1.54) is 18.2 Å². The fourth-order valence-electron chi connectivity index (χ4n) is 3.60. The molecule has 0 spiro atoms. The zero-order valence-electron chi connectivity index (χ0n) is 19.3. The van der Waals surface area contributed by atoms with Gasteiger partial charge in [0.25, 0.3) is 0 Å². The predicted molar refractivity (Wildman–Crippen MR) is 130 cm³/mol. The second-order valence-electron chi connectivity index (χ2n) is 7.71.